The van der Waals surface area contributed by atoms with Gasteiger partial charge in [-0.05, 0) is 42.9 Å². The molecular weight excluding hydrogens is 230 g/mol. The van der Waals surface area contributed by atoms with Crippen molar-refractivity contribution in [1.29, 1.82) is 0 Å². The van der Waals surface area contributed by atoms with Crippen LogP contribution in [-0.2, 0) is 19.3 Å². The molecule has 96 valence electrons. The van der Waals surface area contributed by atoms with Crippen LogP contribution in [-0.4, -0.2) is 12.1 Å². The van der Waals surface area contributed by atoms with Gasteiger partial charge in [-0.15, -0.1) is 0 Å². The van der Waals surface area contributed by atoms with Crippen molar-refractivity contribution in [3.63, 3.8) is 0 Å². The van der Waals surface area contributed by atoms with Gasteiger partial charge in [0.1, 0.15) is 0 Å². The maximum absolute atomic E-state index is 2.68. The first-order valence-electron chi connectivity index (χ1n) is 7.26. The summed E-state index contributed by atoms with van der Waals surface area (Å²) in [4.78, 5) is 2.68. The predicted molar refractivity (Wildman–Crippen MR) is 79.7 cm³/mol. The van der Waals surface area contributed by atoms with Crippen molar-refractivity contribution in [3.05, 3.63) is 65.2 Å². The number of rotatable bonds is 2. The third kappa shape index (κ3) is 1.68. The first-order valence-corrected chi connectivity index (χ1v) is 7.26. The number of benzene rings is 2. The maximum atomic E-state index is 2.68. The first kappa shape index (κ1) is 11.1. The monoisotopic (exact) mass is 249 g/mol. The highest BCUT2D eigenvalue weighted by molar-refractivity contribution is 5.69. The van der Waals surface area contributed by atoms with Gasteiger partial charge in [0.25, 0.3) is 0 Å². The largest absolute Gasteiger partial charge is 0.364 e. The van der Waals surface area contributed by atoms with Crippen LogP contribution in [0.1, 0.15) is 23.6 Å². The van der Waals surface area contributed by atoms with Crippen LogP contribution in [0.15, 0.2) is 48.5 Å². The molecule has 0 spiro atoms. The van der Waals surface area contributed by atoms with E-state index in [1.807, 2.05) is 0 Å². The van der Waals surface area contributed by atoms with E-state index in [9.17, 15) is 0 Å². The molecule has 2 aromatic rings. The minimum absolute atomic E-state index is 0.649. The molecule has 0 unspecified atom stereocenters. The molecule has 0 saturated carbocycles. The van der Waals surface area contributed by atoms with Crippen LogP contribution in [0.2, 0.25) is 0 Å². The van der Waals surface area contributed by atoms with Crippen LogP contribution >= 0.6 is 0 Å². The zero-order chi connectivity index (χ0) is 12.8. The molecule has 19 heavy (non-hydrogen) atoms. The van der Waals surface area contributed by atoms with Crippen LogP contribution in [0.25, 0.3) is 0 Å². The molecule has 2 aliphatic heterocycles. The summed E-state index contributed by atoms with van der Waals surface area (Å²) < 4.78 is 0. The minimum Gasteiger partial charge on any atom is -0.364 e. The Bertz CT molecular complexity index is 602. The average Bonchev–Trinajstić information content (AvgIpc) is 2.95. The van der Waals surface area contributed by atoms with E-state index in [1.165, 1.54) is 24.8 Å². The minimum atomic E-state index is 0.649. The molecule has 0 bridgehead atoms. The van der Waals surface area contributed by atoms with E-state index in [0.29, 0.717) is 12.1 Å². The smallest absolute Gasteiger partial charge is 0.0438 e. The Hall–Kier alpha value is -1.76. The lowest BCUT2D eigenvalue weighted by atomic mass is 9.99. The quantitative estimate of drug-likeness (QED) is 0.786. The zero-order valence-electron chi connectivity index (χ0n) is 11.3. The number of hydrogen-bond donors (Lipinski definition) is 0. The third-order valence-electron chi connectivity index (χ3n) is 4.61. The normalized spacial score (nSPS) is 23.7. The Balaban J connectivity index is 1.68. The van der Waals surface area contributed by atoms with Gasteiger partial charge in [0.15, 0.2) is 0 Å². The van der Waals surface area contributed by atoms with Crippen molar-refractivity contribution in [3.8, 4) is 0 Å². The summed E-state index contributed by atoms with van der Waals surface area (Å²) in [6, 6.07) is 19.1. The predicted octanol–water partition coefficient (Wildman–Crippen LogP) is 3.61. The second kappa shape index (κ2) is 4.12. The van der Waals surface area contributed by atoms with Crippen LogP contribution < -0.4 is 4.90 Å². The van der Waals surface area contributed by atoms with Gasteiger partial charge in [-0.3, -0.25) is 0 Å². The van der Waals surface area contributed by atoms with Crippen molar-refractivity contribution >= 4 is 5.69 Å². The number of nitrogens with zero attached hydrogens (tertiary/aromatic N) is 1. The summed E-state index contributed by atoms with van der Waals surface area (Å²) in [5, 5.41) is 0. The molecule has 0 saturated heterocycles. The molecular formula is C18H19N. The maximum Gasteiger partial charge on any atom is 0.0438 e. The Labute approximate surface area is 114 Å². The SMILES string of the molecule is C[C@@H]1Cc2cccc3c2N1[C@H](Cc1ccccc1)C3. The lowest BCUT2D eigenvalue weighted by Crippen LogP contribution is -2.38. The summed E-state index contributed by atoms with van der Waals surface area (Å²) >= 11 is 0. The van der Waals surface area contributed by atoms with Crippen LogP contribution in [0.5, 0.6) is 0 Å². The van der Waals surface area contributed by atoms with E-state index in [4.69, 9.17) is 0 Å². The molecule has 4 rings (SSSR count). The molecule has 0 aromatic heterocycles. The van der Waals surface area contributed by atoms with Crippen LogP contribution in [0.3, 0.4) is 0 Å². The van der Waals surface area contributed by atoms with Crippen molar-refractivity contribution in [2.45, 2.75) is 38.3 Å². The van der Waals surface area contributed by atoms with E-state index in [0.717, 1.165) is 0 Å². The van der Waals surface area contributed by atoms with Crippen LogP contribution in [0, 0.1) is 0 Å². The summed E-state index contributed by atoms with van der Waals surface area (Å²) in [6.07, 6.45) is 3.59. The van der Waals surface area contributed by atoms with E-state index in [-0.39, 0.29) is 0 Å². The van der Waals surface area contributed by atoms with Gasteiger partial charge >= 0.3 is 0 Å². The Morgan fingerprint density at radius 2 is 1.68 bits per heavy atom. The van der Waals surface area contributed by atoms with Gasteiger partial charge in [0.05, 0.1) is 0 Å². The van der Waals surface area contributed by atoms with E-state index >= 15 is 0 Å². The Morgan fingerprint density at radius 3 is 2.47 bits per heavy atom. The topological polar surface area (TPSA) is 3.24 Å². The summed E-state index contributed by atoms with van der Waals surface area (Å²) in [5.41, 5.74) is 6.13. The highest BCUT2D eigenvalue weighted by atomic mass is 15.2. The Kier molecular flexibility index (Phi) is 2.41. The molecule has 0 N–H and O–H groups in total. The molecule has 0 fully saturated rings. The lowest BCUT2D eigenvalue weighted by Gasteiger charge is -2.28. The average molecular weight is 249 g/mol. The van der Waals surface area contributed by atoms with Gasteiger partial charge in [0.2, 0.25) is 0 Å². The second-order valence-corrected chi connectivity index (χ2v) is 5.93. The molecule has 0 amide bonds. The standard InChI is InChI=1S/C18H19N/c1-13-10-15-8-5-9-16-12-17(19(13)18(15)16)11-14-6-3-2-4-7-14/h2-9,13,17H,10-12H2,1H3/t13-,17-/m1/s1. The first-order chi connectivity index (χ1) is 9.33. The van der Waals surface area contributed by atoms with Gasteiger partial charge in [0, 0.05) is 17.8 Å². The summed E-state index contributed by atoms with van der Waals surface area (Å²) in [5.74, 6) is 0. The fourth-order valence-corrected chi connectivity index (χ4v) is 3.89. The molecule has 2 aromatic carbocycles. The van der Waals surface area contributed by atoms with E-state index < -0.39 is 0 Å². The van der Waals surface area contributed by atoms with Crippen molar-refractivity contribution in [1.82, 2.24) is 0 Å². The van der Waals surface area contributed by atoms with Gasteiger partial charge in [-0.1, -0.05) is 48.5 Å². The van der Waals surface area contributed by atoms with Crippen LogP contribution in [0.4, 0.5) is 5.69 Å². The van der Waals surface area contributed by atoms with Crippen molar-refractivity contribution in [2.75, 3.05) is 4.90 Å². The van der Waals surface area contributed by atoms with Gasteiger partial charge in [-0.25, -0.2) is 0 Å². The molecule has 0 radical (unpaired) electrons. The highest BCUT2D eigenvalue weighted by Crippen LogP contribution is 2.43. The van der Waals surface area contributed by atoms with Crippen molar-refractivity contribution < 1.29 is 0 Å². The molecule has 1 heteroatoms. The number of para-hydroxylation sites is 1. The van der Waals surface area contributed by atoms with Gasteiger partial charge < -0.3 is 4.90 Å². The second-order valence-electron chi connectivity index (χ2n) is 5.93. The van der Waals surface area contributed by atoms with Crippen molar-refractivity contribution in [2.24, 2.45) is 0 Å². The Morgan fingerprint density at radius 1 is 0.947 bits per heavy atom. The summed E-state index contributed by atoms with van der Waals surface area (Å²) in [7, 11) is 0. The molecule has 2 heterocycles. The van der Waals surface area contributed by atoms with Gasteiger partial charge in [-0.2, -0.15) is 0 Å². The number of anilines is 1. The number of hydrogen-bond acceptors (Lipinski definition) is 1. The fraction of sp³-hybridized carbons (Fsp3) is 0.333. The fourth-order valence-electron chi connectivity index (χ4n) is 3.89. The molecule has 2 atom stereocenters. The molecule has 1 nitrogen and oxygen atoms in total. The highest BCUT2D eigenvalue weighted by Gasteiger charge is 2.38. The lowest BCUT2D eigenvalue weighted by molar-refractivity contribution is 0.561. The summed E-state index contributed by atoms with van der Waals surface area (Å²) in [6.45, 7) is 2.37. The molecule has 2 aliphatic rings. The van der Waals surface area contributed by atoms with E-state index in [2.05, 4.69) is 60.4 Å². The van der Waals surface area contributed by atoms with E-state index in [1.54, 1.807) is 16.8 Å². The zero-order valence-corrected chi connectivity index (χ0v) is 11.3. The molecule has 0 aliphatic carbocycles. The third-order valence-corrected chi connectivity index (χ3v) is 4.61.